The number of benzene rings is 2. The van der Waals surface area contributed by atoms with Gasteiger partial charge in [0.25, 0.3) is 0 Å². The zero-order chi connectivity index (χ0) is 17.5. The van der Waals surface area contributed by atoms with Crippen molar-refractivity contribution in [2.24, 2.45) is 0 Å². The molecule has 0 aliphatic carbocycles. The van der Waals surface area contributed by atoms with E-state index in [4.69, 9.17) is 16.3 Å². The van der Waals surface area contributed by atoms with Crippen LogP contribution in [0.3, 0.4) is 0 Å². The molecule has 4 nitrogen and oxygen atoms in total. The Labute approximate surface area is 143 Å². The van der Waals surface area contributed by atoms with Crippen LogP contribution in [0.25, 0.3) is 6.08 Å². The van der Waals surface area contributed by atoms with E-state index in [2.05, 4.69) is 5.32 Å². The van der Waals surface area contributed by atoms with Gasteiger partial charge in [-0.2, -0.15) is 0 Å². The van der Waals surface area contributed by atoms with Crippen LogP contribution in [0.2, 0.25) is 5.02 Å². The summed E-state index contributed by atoms with van der Waals surface area (Å²) in [4.78, 5) is 23.5. The lowest BCUT2D eigenvalue weighted by molar-refractivity contribution is -0.141. The van der Waals surface area contributed by atoms with Crippen LogP contribution >= 0.6 is 11.6 Å². The molecule has 0 aliphatic heterocycles. The highest BCUT2D eigenvalue weighted by atomic mass is 35.5. The lowest BCUT2D eigenvalue weighted by Crippen LogP contribution is -2.26. The maximum absolute atomic E-state index is 13.0. The molecule has 6 heteroatoms. The number of carbonyl (C=O) groups excluding carboxylic acids is 2. The maximum Gasteiger partial charge on any atom is 0.355 e. The van der Waals surface area contributed by atoms with Gasteiger partial charge in [-0.05, 0) is 23.8 Å². The smallest absolute Gasteiger partial charge is 0.355 e. The number of ether oxygens (including phenoxy) is 1. The molecule has 1 amide bonds. The lowest BCUT2D eigenvalue weighted by Gasteiger charge is -2.10. The predicted molar refractivity (Wildman–Crippen MR) is 89.4 cm³/mol. The number of esters is 1. The molecule has 124 valence electrons. The molecule has 1 N–H and O–H groups in total. The van der Waals surface area contributed by atoms with E-state index in [1.54, 1.807) is 24.3 Å². The second kappa shape index (κ2) is 8.26. The number of nitrogens with one attached hydrogen (secondary N) is 1. The number of rotatable bonds is 5. The Balaban J connectivity index is 2.13. The van der Waals surface area contributed by atoms with Crippen LogP contribution in [-0.4, -0.2) is 11.9 Å². The molecule has 2 aromatic carbocycles. The van der Waals surface area contributed by atoms with Gasteiger partial charge in [0, 0.05) is 12.5 Å². The van der Waals surface area contributed by atoms with E-state index < -0.39 is 17.7 Å². The van der Waals surface area contributed by atoms with Gasteiger partial charge in [0.2, 0.25) is 5.91 Å². The third-order valence-electron chi connectivity index (χ3n) is 3.02. The van der Waals surface area contributed by atoms with Crippen LogP contribution in [0, 0.1) is 5.82 Å². The molecule has 0 unspecified atom stereocenters. The molecule has 2 aromatic rings. The van der Waals surface area contributed by atoms with Gasteiger partial charge in [0.05, 0.1) is 5.02 Å². The Morgan fingerprint density at radius 2 is 1.92 bits per heavy atom. The van der Waals surface area contributed by atoms with Crippen molar-refractivity contribution in [3.8, 4) is 0 Å². The Morgan fingerprint density at radius 1 is 1.21 bits per heavy atom. The van der Waals surface area contributed by atoms with Crippen molar-refractivity contribution >= 4 is 29.6 Å². The molecule has 0 fully saturated rings. The Hall–Kier alpha value is -2.66. The first kappa shape index (κ1) is 17.7. The molecular weight excluding hydrogens is 333 g/mol. The normalized spacial score (nSPS) is 11.0. The summed E-state index contributed by atoms with van der Waals surface area (Å²) in [6.07, 6.45) is 1.51. The monoisotopic (exact) mass is 347 g/mol. The fourth-order valence-corrected chi connectivity index (χ4v) is 2.13. The van der Waals surface area contributed by atoms with E-state index >= 15 is 0 Å². The van der Waals surface area contributed by atoms with Crippen molar-refractivity contribution in [2.75, 3.05) is 0 Å². The Bertz CT molecular complexity index is 775. The summed E-state index contributed by atoms with van der Waals surface area (Å²) < 4.78 is 18.2. The van der Waals surface area contributed by atoms with E-state index in [1.165, 1.54) is 25.1 Å². The van der Waals surface area contributed by atoms with Crippen molar-refractivity contribution < 1.29 is 18.7 Å². The van der Waals surface area contributed by atoms with Gasteiger partial charge in [0.1, 0.15) is 18.1 Å². The second-order valence-electron chi connectivity index (χ2n) is 4.96. The molecule has 2 rings (SSSR count). The molecule has 24 heavy (non-hydrogen) atoms. The molecule has 0 radical (unpaired) electrons. The molecule has 0 aromatic heterocycles. The molecule has 0 heterocycles. The number of hydrogen-bond donors (Lipinski definition) is 1. The first-order valence-electron chi connectivity index (χ1n) is 7.11. The fraction of sp³-hybridized carbons (Fsp3) is 0.111. The van der Waals surface area contributed by atoms with Gasteiger partial charge >= 0.3 is 5.97 Å². The minimum absolute atomic E-state index is 0.00642. The van der Waals surface area contributed by atoms with Crippen LogP contribution in [0.4, 0.5) is 4.39 Å². The van der Waals surface area contributed by atoms with Gasteiger partial charge in [-0.15, -0.1) is 0 Å². The lowest BCUT2D eigenvalue weighted by atomic mass is 10.2. The highest BCUT2D eigenvalue weighted by Crippen LogP contribution is 2.18. The van der Waals surface area contributed by atoms with Gasteiger partial charge in [-0.3, -0.25) is 4.79 Å². The first-order valence-corrected chi connectivity index (χ1v) is 7.49. The van der Waals surface area contributed by atoms with Crippen LogP contribution in [0.15, 0.2) is 54.2 Å². The largest absolute Gasteiger partial charge is 0.456 e. The molecule has 0 spiro atoms. The minimum Gasteiger partial charge on any atom is -0.456 e. The molecule has 0 aliphatic rings. The summed E-state index contributed by atoms with van der Waals surface area (Å²) >= 11 is 5.89. The van der Waals surface area contributed by atoms with Crippen LogP contribution in [0.5, 0.6) is 0 Å². The first-order chi connectivity index (χ1) is 11.5. The van der Waals surface area contributed by atoms with E-state index in [0.29, 0.717) is 5.56 Å². The standard InChI is InChI=1S/C18H15ClFNO3/c1-12(22)21-17(9-13-5-3-2-4-6-13)18(23)24-11-14-7-8-15(20)10-16(14)19/h2-10H,11H2,1H3,(H,21,22)/b17-9-. The van der Waals surface area contributed by atoms with Crippen molar-refractivity contribution in [3.63, 3.8) is 0 Å². The molecule has 0 saturated heterocycles. The Morgan fingerprint density at radius 3 is 2.54 bits per heavy atom. The summed E-state index contributed by atoms with van der Waals surface area (Å²) in [5, 5.41) is 2.61. The summed E-state index contributed by atoms with van der Waals surface area (Å²) in [7, 11) is 0. The zero-order valence-electron chi connectivity index (χ0n) is 12.9. The summed E-state index contributed by atoms with van der Waals surface area (Å²) in [6.45, 7) is 1.16. The SMILES string of the molecule is CC(=O)N/C(=C\c1ccccc1)C(=O)OCc1ccc(F)cc1Cl. The van der Waals surface area contributed by atoms with E-state index in [9.17, 15) is 14.0 Å². The molecule has 0 bridgehead atoms. The highest BCUT2D eigenvalue weighted by molar-refractivity contribution is 6.31. The average molecular weight is 348 g/mol. The van der Waals surface area contributed by atoms with Crippen molar-refractivity contribution in [2.45, 2.75) is 13.5 Å². The summed E-state index contributed by atoms with van der Waals surface area (Å²) in [5.41, 5.74) is 1.21. The third kappa shape index (κ3) is 5.21. The van der Waals surface area contributed by atoms with E-state index in [0.717, 1.165) is 11.6 Å². The third-order valence-corrected chi connectivity index (χ3v) is 3.37. The summed E-state index contributed by atoms with van der Waals surface area (Å²) in [6, 6.07) is 12.8. The Kier molecular flexibility index (Phi) is 6.09. The van der Waals surface area contributed by atoms with Crippen molar-refractivity contribution in [3.05, 3.63) is 76.2 Å². The van der Waals surface area contributed by atoms with Crippen LogP contribution in [-0.2, 0) is 20.9 Å². The van der Waals surface area contributed by atoms with E-state index in [-0.39, 0.29) is 17.3 Å². The maximum atomic E-state index is 13.0. The molecular formula is C18H15ClFNO3. The minimum atomic E-state index is -0.713. The van der Waals surface area contributed by atoms with Crippen molar-refractivity contribution in [1.82, 2.24) is 5.32 Å². The quantitative estimate of drug-likeness (QED) is 0.662. The van der Waals surface area contributed by atoms with Gasteiger partial charge in [-0.25, -0.2) is 9.18 Å². The zero-order valence-corrected chi connectivity index (χ0v) is 13.6. The number of amides is 1. The second-order valence-corrected chi connectivity index (χ2v) is 5.37. The van der Waals surface area contributed by atoms with Crippen LogP contribution < -0.4 is 5.32 Å². The van der Waals surface area contributed by atoms with E-state index in [1.807, 2.05) is 6.07 Å². The number of hydrogen-bond acceptors (Lipinski definition) is 3. The fourth-order valence-electron chi connectivity index (χ4n) is 1.91. The van der Waals surface area contributed by atoms with Gasteiger partial charge in [-0.1, -0.05) is 48.0 Å². The topological polar surface area (TPSA) is 55.4 Å². The average Bonchev–Trinajstić information content (AvgIpc) is 2.53. The summed E-state index contributed by atoms with van der Waals surface area (Å²) in [5.74, 6) is -1.58. The predicted octanol–water partition coefficient (Wildman–Crippen LogP) is 3.70. The number of carbonyl (C=O) groups is 2. The molecule has 0 saturated carbocycles. The van der Waals surface area contributed by atoms with Gasteiger partial charge in [0.15, 0.2) is 0 Å². The van der Waals surface area contributed by atoms with Crippen LogP contribution in [0.1, 0.15) is 18.1 Å². The number of halogens is 2. The van der Waals surface area contributed by atoms with Gasteiger partial charge < -0.3 is 10.1 Å². The highest BCUT2D eigenvalue weighted by Gasteiger charge is 2.14. The van der Waals surface area contributed by atoms with Crippen molar-refractivity contribution in [1.29, 1.82) is 0 Å². The molecule has 0 atom stereocenters.